The average Bonchev–Trinajstić information content (AvgIpc) is 3.13. The molecule has 0 fully saturated rings. The lowest BCUT2D eigenvalue weighted by Crippen LogP contribution is -2.08. The molecule has 144 valence electrons. The van der Waals surface area contributed by atoms with E-state index in [1.165, 1.54) is 0 Å². The summed E-state index contributed by atoms with van der Waals surface area (Å²) in [4.78, 5) is 11.5. The minimum atomic E-state index is -0.925. The second kappa shape index (κ2) is 8.24. The lowest BCUT2D eigenvalue weighted by Gasteiger charge is -2.12. The van der Waals surface area contributed by atoms with Gasteiger partial charge < -0.3 is 5.11 Å². The Kier molecular flexibility index (Phi) is 5.35. The Labute approximate surface area is 173 Å². The second-order valence-electron chi connectivity index (χ2n) is 6.63. The maximum absolute atomic E-state index is 11.5. The number of H-pyrrole nitrogens is 1. The van der Waals surface area contributed by atoms with Crippen molar-refractivity contribution in [2.24, 2.45) is 0 Å². The van der Waals surface area contributed by atoms with Gasteiger partial charge in [0.1, 0.15) is 0 Å². The zero-order valence-corrected chi connectivity index (χ0v) is 16.4. The number of benzene rings is 3. The SMILES string of the molecule is O=C(O)c1ccccc1CCn1c(-c2ccccc2-c2ccccc2)n[nH]c1=S. The molecule has 3 aromatic carbocycles. The van der Waals surface area contributed by atoms with E-state index in [2.05, 4.69) is 28.4 Å². The quantitative estimate of drug-likeness (QED) is 0.435. The van der Waals surface area contributed by atoms with Crippen molar-refractivity contribution in [3.05, 3.63) is 94.8 Å². The molecular weight excluding hydrogens is 382 g/mol. The van der Waals surface area contributed by atoms with Crippen molar-refractivity contribution in [1.82, 2.24) is 14.8 Å². The summed E-state index contributed by atoms with van der Waals surface area (Å²) in [5.41, 5.74) is 4.21. The summed E-state index contributed by atoms with van der Waals surface area (Å²) in [7, 11) is 0. The smallest absolute Gasteiger partial charge is 0.335 e. The third-order valence-corrected chi connectivity index (χ3v) is 5.18. The third-order valence-electron chi connectivity index (χ3n) is 4.86. The monoisotopic (exact) mass is 401 g/mol. The molecule has 0 unspecified atom stereocenters. The molecule has 0 atom stereocenters. The Balaban J connectivity index is 1.72. The van der Waals surface area contributed by atoms with Gasteiger partial charge in [0.05, 0.1) is 5.56 Å². The van der Waals surface area contributed by atoms with E-state index in [-0.39, 0.29) is 0 Å². The Hall–Kier alpha value is -3.51. The molecule has 4 rings (SSSR count). The third kappa shape index (κ3) is 3.88. The molecule has 5 nitrogen and oxygen atoms in total. The fourth-order valence-corrected chi connectivity index (χ4v) is 3.68. The lowest BCUT2D eigenvalue weighted by molar-refractivity contribution is 0.0695. The van der Waals surface area contributed by atoms with Gasteiger partial charge in [0.2, 0.25) is 0 Å². The summed E-state index contributed by atoms with van der Waals surface area (Å²) >= 11 is 5.46. The van der Waals surface area contributed by atoms with Gasteiger partial charge >= 0.3 is 5.97 Å². The summed E-state index contributed by atoms with van der Waals surface area (Å²) < 4.78 is 2.44. The van der Waals surface area contributed by atoms with Gasteiger partial charge in [0, 0.05) is 12.1 Å². The maximum atomic E-state index is 11.5. The number of carbonyl (C=O) groups is 1. The molecule has 29 heavy (non-hydrogen) atoms. The van der Waals surface area contributed by atoms with E-state index in [9.17, 15) is 9.90 Å². The number of carboxylic acids is 1. The molecule has 0 bridgehead atoms. The Morgan fingerprint density at radius 2 is 1.59 bits per heavy atom. The van der Waals surface area contributed by atoms with Crippen LogP contribution in [0.5, 0.6) is 0 Å². The van der Waals surface area contributed by atoms with Gasteiger partial charge in [-0.25, -0.2) is 4.79 Å². The summed E-state index contributed by atoms with van der Waals surface area (Å²) in [5.74, 6) is -0.187. The Morgan fingerprint density at radius 1 is 0.931 bits per heavy atom. The van der Waals surface area contributed by atoms with Crippen LogP contribution in [0.2, 0.25) is 0 Å². The van der Waals surface area contributed by atoms with Crippen LogP contribution >= 0.6 is 12.2 Å². The second-order valence-corrected chi connectivity index (χ2v) is 7.01. The van der Waals surface area contributed by atoms with Crippen LogP contribution < -0.4 is 0 Å². The number of nitrogens with one attached hydrogen (secondary N) is 1. The van der Waals surface area contributed by atoms with Crippen molar-refractivity contribution in [1.29, 1.82) is 0 Å². The fourth-order valence-electron chi connectivity index (χ4n) is 3.46. The van der Waals surface area contributed by atoms with Gasteiger partial charge in [-0.05, 0) is 41.4 Å². The van der Waals surface area contributed by atoms with Crippen molar-refractivity contribution in [3.63, 3.8) is 0 Å². The van der Waals surface area contributed by atoms with E-state index in [4.69, 9.17) is 12.2 Å². The largest absolute Gasteiger partial charge is 0.478 e. The summed E-state index contributed by atoms with van der Waals surface area (Å²) in [5, 5.41) is 16.8. The zero-order chi connectivity index (χ0) is 20.2. The highest BCUT2D eigenvalue weighted by Crippen LogP contribution is 2.31. The highest BCUT2D eigenvalue weighted by Gasteiger charge is 2.15. The molecule has 0 aliphatic rings. The minimum Gasteiger partial charge on any atom is -0.478 e. The summed E-state index contributed by atoms with van der Waals surface area (Å²) in [6.45, 7) is 0.526. The first-order valence-electron chi connectivity index (χ1n) is 9.26. The first-order chi connectivity index (χ1) is 14.1. The Morgan fingerprint density at radius 3 is 2.34 bits per heavy atom. The van der Waals surface area contributed by atoms with Crippen molar-refractivity contribution in [2.75, 3.05) is 0 Å². The number of hydrogen-bond acceptors (Lipinski definition) is 3. The zero-order valence-electron chi connectivity index (χ0n) is 15.6. The molecule has 2 N–H and O–H groups in total. The molecule has 0 aliphatic carbocycles. The van der Waals surface area contributed by atoms with Crippen LogP contribution in [0.4, 0.5) is 0 Å². The van der Waals surface area contributed by atoms with Crippen LogP contribution in [0, 0.1) is 4.77 Å². The van der Waals surface area contributed by atoms with Crippen LogP contribution in [-0.4, -0.2) is 25.8 Å². The number of hydrogen-bond donors (Lipinski definition) is 2. The first kappa shape index (κ1) is 18.8. The van der Waals surface area contributed by atoms with E-state index in [0.29, 0.717) is 23.3 Å². The van der Waals surface area contributed by atoms with Crippen LogP contribution in [-0.2, 0) is 13.0 Å². The first-order valence-corrected chi connectivity index (χ1v) is 9.67. The minimum absolute atomic E-state index is 0.314. The average molecular weight is 401 g/mol. The standard InChI is InChI=1S/C23H19N3O2S/c27-22(28)19-12-5-4-10-17(19)14-15-26-21(24-25-23(26)29)20-13-7-6-11-18(20)16-8-2-1-3-9-16/h1-13H,14-15H2,(H,25,29)(H,27,28). The maximum Gasteiger partial charge on any atom is 0.335 e. The van der Waals surface area contributed by atoms with E-state index in [0.717, 1.165) is 28.1 Å². The van der Waals surface area contributed by atoms with Crippen LogP contribution in [0.15, 0.2) is 78.9 Å². The van der Waals surface area contributed by atoms with E-state index in [1.807, 2.05) is 53.1 Å². The lowest BCUT2D eigenvalue weighted by atomic mass is 9.99. The van der Waals surface area contributed by atoms with E-state index < -0.39 is 5.97 Å². The van der Waals surface area contributed by atoms with Gasteiger partial charge in [0.15, 0.2) is 10.6 Å². The van der Waals surface area contributed by atoms with Crippen molar-refractivity contribution < 1.29 is 9.90 Å². The Bertz CT molecular complexity index is 1210. The number of aromatic carboxylic acids is 1. The number of aromatic amines is 1. The molecule has 0 aliphatic heterocycles. The topological polar surface area (TPSA) is 70.9 Å². The number of carboxylic acid groups (broad SMARTS) is 1. The van der Waals surface area contributed by atoms with Gasteiger partial charge in [-0.3, -0.25) is 9.67 Å². The molecule has 6 heteroatoms. The summed E-state index contributed by atoms with van der Waals surface area (Å²) in [6, 6.07) is 25.2. The van der Waals surface area contributed by atoms with Crippen LogP contribution in [0.25, 0.3) is 22.5 Å². The van der Waals surface area contributed by atoms with Crippen molar-refractivity contribution in [2.45, 2.75) is 13.0 Å². The highest BCUT2D eigenvalue weighted by molar-refractivity contribution is 7.71. The molecule has 0 spiro atoms. The van der Waals surface area contributed by atoms with E-state index in [1.54, 1.807) is 12.1 Å². The van der Waals surface area contributed by atoms with Gasteiger partial charge in [0.25, 0.3) is 0 Å². The summed E-state index contributed by atoms with van der Waals surface area (Å²) in [6.07, 6.45) is 0.539. The predicted molar refractivity (Wildman–Crippen MR) is 115 cm³/mol. The number of rotatable bonds is 6. The number of aromatic nitrogens is 3. The van der Waals surface area contributed by atoms with Crippen LogP contribution in [0.1, 0.15) is 15.9 Å². The van der Waals surface area contributed by atoms with Crippen molar-refractivity contribution >= 4 is 18.2 Å². The van der Waals surface area contributed by atoms with Crippen LogP contribution in [0.3, 0.4) is 0 Å². The van der Waals surface area contributed by atoms with Gasteiger partial charge in [-0.1, -0.05) is 72.8 Å². The van der Waals surface area contributed by atoms with E-state index >= 15 is 0 Å². The predicted octanol–water partition coefficient (Wildman–Crippen LogP) is 5.22. The molecular formula is C23H19N3O2S. The molecule has 0 saturated carbocycles. The molecule has 1 aromatic heterocycles. The molecule has 0 saturated heterocycles. The van der Waals surface area contributed by atoms with Crippen molar-refractivity contribution in [3.8, 4) is 22.5 Å². The molecule has 1 heterocycles. The number of aryl methyl sites for hydroxylation is 1. The normalized spacial score (nSPS) is 10.8. The van der Waals surface area contributed by atoms with Gasteiger partial charge in [-0.15, -0.1) is 0 Å². The highest BCUT2D eigenvalue weighted by atomic mass is 32.1. The molecule has 0 radical (unpaired) electrons. The number of nitrogens with zero attached hydrogens (tertiary/aromatic N) is 2. The van der Waals surface area contributed by atoms with Gasteiger partial charge in [-0.2, -0.15) is 5.10 Å². The molecule has 0 amide bonds. The molecule has 4 aromatic rings. The fraction of sp³-hybridized carbons (Fsp3) is 0.0870.